The first-order chi connectivity index (χ1) is 9.69. The molecule has 0 saturated carbocycles. The highest BCUT2D eigenvalue weighted by Gasteiger charge is 2.06. The summed E-state index contributed by atoms with van der Waals surface area (Å²) in [5, 5.41) is 1.26. The van der Waals surface area contributed by atoms with Gasteiger partial charge < -0.3 is 10.3 Å². The molecule has 2 aromatic carbocycles. The first kappa shape index (κ1) is 12.9. The summed E-state index contributed by atoms with van der Waals surface area (Å²) < 4.78 is 15.6. The van der Waals surface area contributed by atoms with Crippen LogP contribution < -0.4 is 5.73 Å². The van der Waals surface area contributed by atoms with Gasteiger partial charge in [0.2, 0.25) is 0 Å². The maximum absolute atomic E-state index is 13.5. The number of rotatable bonds is 3. The Morgan fingerprint density at radius 2 is 2.00 bits per heavy atom. The van der Waals surface area contributed by atoms with Crippen LogP contribution in [0.15, 0.2) is 48.7 Å². The molecule has 0 aliphatic heterocycles. The van der Waals surface area contributed by atoms with E-state index in [1.54, 1.807) is 0 Å². The molecule has 0 unspecified atom stereocenters. The predicted octanol–water partition coefficient (Wildman–Crippen LogP) is 3.60. The van der Waals surface area contributed by atoms with Crippen LogP contribution in [0.25, 0.3) is 10.9 Å². The van der Waals surface area contributed by atoms with Gasteiger partial charge in [0.15, 0.2) is 0 Å². The number of hydrogen-bond donors (Lipinski definition) is 1. The first-order valence-corrected chi connectivity index (χ1v) is 6.71. The minimum Gasteiger partial charge on any atom is -0.343 e. The van der Waals surface area contributed by atoms with E-state index < -0.39 is 0 Å². The summed E-state index contributed by atoms with van der Waals surface area (Å²) in [5.41, 5.74) is 9.65. The zero-order chi connectivity index (χ0) is 14.1. The van der Waals surface area contributed by atoms with Crippen LogP contribution in [0, 0.1) is 12.7 Å². The molecular formula is C17H17FN2. The van der Waals surface area contributed by atoms with Crippen LogP contribution in [0.1, 0.15) is 16.7 Å². The molecule has 1 aromatic heterocycles. The molecule has 2 nitrogen and oxygen atoms in total. The SMILES string of the molecule is Cc1cccc2c1ccn2Cc1ccc(F)c(CN)c1. The van der Waals surface area contributed by atoms with Gasteiger partial charge >= 0.3 is 0 Å². The number of benzene rings is 2. The van der Waals surface area contributed by atoms with Crippen LogP contribution in [0.3, 0.4) is 0 Å². The van der Waals surface area contributed by atoms with Crippen molar-refractivity contribution in [1.82, 2.24) is 4.57 Å². The Labute approximate surface area is 117 Å². The van der Waals surface area contributed by atoms with Gasteiger partial charge in [-0.05, 0) is 42.3 Å². The van der Waals surface area contributed by atoms with E-state index in [9.17, 15) is 4.39 Å². The van der Waals surface area contributed by atoms with Gasteiger partial charge in [0.05, 0.1) is 0 Å². The largest absolute Gasteiger partial charge is 0.343 e. The van der Waals surface area contributed by atoms with Crippen molar-refractivity contribution in [2.75, 3.05) is 0 Å². The van der Waals surface area contributed by atoms with Crippen LogP contribution in [-0.2, 0) is 13.1 Å². The number of nitrogens with two attached hydrogens (primary N) is 1. The zero-order valence-corrected chi connectivity index (χ0v) is 11.4. The molecular weight excluding hydrogens is 251 g/mol. The highest BCUT2D eigenvalue weighted by Crippen LogP contribution is 2.21. The van der Waals surface area contributed by atoms with Gasteiger partial charge in [0.25, 0.3) is 0 Å². The quantitative estimate of drug-likeness (QED) is 0.773. The van der Waals surface area contributed by atoms with Crippen LogP contribution >= 0.6 is 0 Å². The molecule has 0 aliphatic rings. The third-order valence-electron chi connectivity index (χ3n) is 3.71. The van der Waals surface area contributed by atoms with Crippen molar-refractivity contribution in [3.05, 3.63) is 71.2 Å². The predicted molar refractivity (Wildman–Crippen MR) is 80.1 cm³/mol. The van der Waals surface area contributed by atoms with Gasteiger partial charge in [-0.25, -0.2) is 4.39 Å². The average molecular weight is 268 g/mol. The summed E-state index contributed by atoms with van der Waals surface area (Å²) in [6.45, 7) is 3.06. The van der Waals surface area contributed by atoms with Gasteiger partial charge in [0.1, 0.15) is 5.82 Å². The number of halogens is 1. The van der Waals surface area contributed by atoms with E-state index in [0.717, 1.165) is 12.1 Å². The van der Waals surface area contributed by atoms with E-state index in [1.165, 1.54) is 22.5 Å². The number of aromatic nitrogens is 1. The van der Waals surface area contributed by atoms with Crippen molar-refractivity contribution in [3.63, 3.8) is 0 Å². The Bertz CT molecular complexity index is 759. The van der Waals surface area contributed by atoms with Crippen molar-refractivity contribution < 1.29 is 4.39 Å². The second-order valence-electron chi connectivity index (χ2n) is 5.08. The molecule has 0 spiro atoms. The van der Waals surface area contributed by atoms with Crippen molar-refractivity contribution in [2.45, 2.75) is 20.0 Å². The fourth-order valence-electron chi connectivity index (χ4n) is 2.59. The molecule has 0 aliphatic carbocycles. The van der Waals surface area contributed by atoms with E-state index in [2.05, 4.69) is 42.0 Å². The molecule has 2 N–H and O–H groups in total. The third-order valence-corrected chi connectivity index (χ3v) is 3.71. The van der Waals surface area contributed by atoms with Gasteiger partial charge in [-0.2, -0.15) is 0 Å². The first-order valence-electron chi connectivity index (χ1n) is 6.71. The topological polar surface area (TPSA) is 30.9 Å². The molecule has 20 heavy (non-hydrogen) atoms. The van der Waals surface area contributed by atoms with Crippen molar-refractivity contribution in [1.29, 1.82) is 0 Å². The van der Waals surface area contributed by atoms with Crippen molar-refractivity contribution in [2.24, 2.45) is 5.73 Å². The Kier molecular flexibility index (Phi) is 3.28. The van der Waals surface area contributed by atoms with Gasteiger partial charge in [-0.15, -0.1) is 0 Å². The lowest BCUT2D eigenvalue weighted by molar-refractivity contribution is 0.609. The Morgan fingerprint density at radius 1 is 1.15 bits per heavy atom. The minimum atomic E-state index is -0.232. The van der Waals surface area contributed by atoms with Gasteiger partial charge in [-0.3, -0.25) is 0 Å². The fourth-order valence-corrected chi connectivity index (χ4v) is 2.59. The van der Waals surface area contributed by atoms with Crippen molar-refractivity contribution >= 4 is 10.9 Å². The fraction of sp³-hybridized carbons (Fsp3) is 0.176. The normalized spacial score (nSPS) is 11.2. The maximum atomic E-state index is 13.5. The van der Waals surface area contributed by atoms with Crippen LogP contribution in [-0.4, -0.2) is 4.57 Å². The van der Waals surface area contributed by atoms with E-state index in [4.69, 9.17) is 5.73 Å². The molecule has 3 rings (SSSR count). The Balaban J connectivity index is 1.99. The summed E-state index contributed by atoms with van der Waals surface area (Å²) in [4.78, 5) is 0. The van der Waals surface area contributed by atoms with Gasteiger partial charge in [-0.1, -0.05) is 18.2 Å². The average Bonchev–Trinajstić information content (AvgIpc) is 2.86. The third kappa shape index (κ3) is 2.21. The zero-order valence-electron chi connectivity index (χ0n) is 11.4. The van der Waals surface area contributed by atoms with Crippen LogP contribution in [0.2, 0.25) is 0 Å². The van der Waals surface area contributed by atoms with Crippen molar-refractivity contribution in [3.8, 4) is 0 Å². The van der Waals surface area contributed by atoms with E-state index in [-0.39, 0.29) is 12.4 Å². The molecule has 3 aromatic rings. The van der Waals surface area contributed by atoms with Crippen LogP contribution in [0.4, 0.5) is 4.39 Å². The summed E-state index contributed by atoms with van der Waals surface area (Å²) >= 11 is 0. The molecule has 102 valence electrons. The smallest absolute Gasteiger partial charge is 0.127 e. The monoisotopic (exact) mass is 268 g/mol. The number of aryl methyl sites for hydroxylation is 1. The highest BCUT2D eigenvalue weighted by molar-refractivity contribution is 5.83. The summed E-state index contributed by atoms with van der Waals surface area (Å²) in [6.07, 6.45) is 2.07. The number of hydrogen-bond acceptors (Lipinski definition) is 1. The molecule has 1 heterocycles. The molecule has 0 saturated heterocycles. The minimum absolute atomic E-state index is 0.227. The lowest BCUT2D eigenvalue weighted by Gasteiger charge is -2.08. The van der Waals surface area contributed by atoms with E-state index in [1.807, 2.05) is 12.1 Å². The number of nitrogens with zero attached hydrogens (tertiary/aromatic N) is 1. The maximum Gasteiger partial charge on any atom is 0.127 e. The summed E-state index contributed by atoms with van der Waals surface area (Å²) in [7, 11) is 0. The molecule has 0 atom stereocenters. The highest BCUT2D eigenvalue weighted by atomic mass is 19.1. The second kappa shape index (κ2) is 5.10. The summed E-state index contributed by atoms with van der Waals surface area (Å²) in [5.74, 6) is -0.232. The molecule has 3 heteroatoms. The lowest BCUT2D eigenvalue weighted by Crippen LogP contribution is -2.03. The summed E-state index contributed by atoms with van der Waals surface area (Å²) in [6, 6.07) is 13.6. The number of fused-ring (bicyclic) bond motifs is 1. The standard InChI is InChI=1S/C17H17FN2/c1-12-3-2-4-17-15(12)7-8-20(17)11-13-5-6-16(18)14(9-13)10-19/h2-9H,10-11,19H2,1H3. The molecule has 0 amide bonds. The lowest BCUT2D eigenvalue weighted by atomic mass is 10.1. The van der Waals surface area contributed by atoms with Gasteiger partial charge in [0, 0.05) is 35.8 Å². The van der Waals surface area contributed by atoms with E-state index >= 15 is 0 Å². The molecule has 0 fully saturated rings. The second-order valence-corrected chi connectivity index (χ2v) is 5.08. The molecule has 0 radical (unpaired) electrons. The Hall–Kier alpha value is -2.13. The Morgan fingerprint density at radius 3 is 2.80 bits per heavy atom. The van der Waals surface area contributed by atoms with Crippen LogP contribution in [0.5, 0.6) is 0 Å². The van der Waals surface area contributed by atoms with E-state index in [0.29, 0.717) is 5.56 Å². The molecule has 0 bridgehead atoms.